The number of halogens is 1. The first kappa shape index (κ1) is 20.1. The van der Waals surface area contributed by atoms with Crippen molar-refractivity contribution in [3.8, 4) is 5.75 Å². The number of anilines is 2. The van der Waals surface area contributed by atoms with E-state index in [1.54, 1.807) is 12.3 Å². The number of ether oxygens (including phenoxy) is 1. The molecule has 8 rings (SSSR count). The van der Waals surface area contributed by atoms with Crippen LogP contribution in [0.5, 0.6) is 5.75 Å². The SMILES string of the molecule is Cn1ccc2cc(C(=O)NC3COc4cc(N5CC6CC(C5)N6)c(F)cc4N3C3CC3)cnc21. The molecule has 5 aliphatic rings. The predicted molar refractivity (Wildman–Crippen MR) is 127 cm³/mol. The molecule has 34 heavy (non-hydrogen) atoms. The van der Waals surface area contributed by atoms with E-state index < -0.39 is 0 Å². The van der Waals surface area contributed by atoms with Gasteiger partial charge in [0.15, 0.2) is 0 Å². The number of carbonyl (C=O) groups excluding carboxylic acids is 1. The smallest absolute Gasteiger partial charge is 0.254 e. The van der Waals surface area contributed by atoms with Crippen molar-refractivity contribution in [1.29, 1.82) is 0 Å². The van der Waals surface area contributed by atoms with Crippen molar-refractivity contribution in [2.24, 2.45) is 7.05 Å². The van der Waals surface area contributed by atoms with Crippen LogP contribution >= 0.6 is 0 Å². The zero-order chi connectivity index (χ0) is 23.0. The lowest BCUT2D eigenvalue weighted by atomic mass is 9.91. The van der Waals surface area contributed by atoms with E-state index in [1.807, 2.05) is 36.0 Å². The van der Waals surface area contributed by atoms with E-state index in [9.17, 15) is 4.79 Å². The second kappa shape index (κ2) is 7.33. The number of piperidine rings is 1. The topological polar surface area (TPSA) is 74.7 Å². The monoisotopic (exact) mass is 462 g/mol. The number of nitrogens with zero attached hydrogens (tertiary/aromatic N) is 4. The Kier molecular flexibility index (Phi) is 4.33. The number of aryl methyl sites for hydroxylation is 1. The molecule has 3 saturated heterocycles. The number of hydrogen-bond donors (Lipinski definition) is 2. The highest BCUT2D eigenvalue weighted by atomic mass is 19.1. The average Bonchev–Trinajstić information content (AvgIpc) is 3.60. The lowest BCUT2D eigenvalue weighted by Gasteiger charge is -2.49. The quantitative estimate of drug-likeness (QED) is 0.620. The molecule has 1 aromatic carbocycles. The van der Waals surface area contributed by atoms with Gasteiger partial charge in [0.25, 0.3) is 5.91 Å². The fourth-order valence-corrected chi connectivity index (χ4v) is 5.65. The molecule has 2 bridgehead atoms. The van der Waals surface area contributed by atoms with Crippen LogP contribution in [0.4, 0.5) is 15.8 Å². The number of nitrogens with one attached hydrogen (secondary N) is 2. The van der Waals surface area contributed by atoms with Gasteiger partial charge < -0.3 is 29.7 Å². The Bertz CT molecular complexity index is 1290. The summed E-state index contributed by atoms with van der Waals surface area (Å²) in [7, 11) is 1.93. The van der Waals surface area contributed by atoms with Gasteiger partial charge in [-0.05, 0) is 31.4 Å². The van der Waals surface area contributed by atoms with Gasteiger partial charge in [0.1, 0.15) is 30.0 Å². The minimum absolute atomic E-state index is 0.210. The number of pyridine rings is 1. The standard InChI is InChI=1S/C25H27FN6O2/c1-30-5-4-14-6-15(10-27-24(14)30)25(33)29-23-13-34-22-9-20(31-11-16-7-17(12-31)28-16)19(26)8-21(22)32(23)18-2-3-18/h4-6,8-10,16-18,23,28H,2-3,7,11-13H2,1H3,(H,29,33). The lowest BCUT2D eigenvalue weighted by molar-refractivity contribution is 0.0914. The van der Waals surface area contributed by atoms with Crippen LogP contribution < -0.4 is 25.2 Å². The summed E-state index contributed by atoms with van der Waals surface area (Å²) in [5.41, 5.74) is 2.66. The van der Waals surface area contributed by atoms with Crippen LogP contribution in [0.15, 0.2) is 36.7 Å². The molecular formula is C25H27FN6O2. The van der Waals surface area contributed by atoms with Gasteiger partial charge >= 0.3 is 0 Å². The minimum Gasteiger partial charge on any atom is -0.487 e. The maximum Gasteiger partial charge on any atom is 0.254 e. The first-order chi connectivity index (χ1) is 16.5. The zero-order valence-corrected chi connectivity index (χ0v) is 19.0. The number of benzene rings is 1. The van der Waals surface area contributed by atoms with Crippen LogP contribution in [0.3, 0.4) is 0 Å². The normalized spacial score (nSPS) is 25.5. The Labute approximate surface area is 196 Å². The Balaban J connectivity index is 1.15. The Morgan fingerprint density at radius 2 is 2.00 bits per heavy atom. The van der Waals surface area contributed by atoms with Crippen LogP contribution in [0, 0.1) is 5.82 Å². The molecule has 9 heteroatoms. The molecule has 1 amide bonds. The molecule has 8 nitrogen and oxygen atoms in total. The van der Waals surface area contributed by atoms with E-state index in [2.05, 4.69) is 25.4 Å². The Morgan fingerprint density at radius 1 is 1.21 bits per heavy atom. The van der Waals surface area contributed by atoms with E-state index >= 15 is 4.39 Å². The molecule has 3 atom stereocenters. The number of piperazine rings is 1. The summed E-state index contributed by atoms with van der Waals surface area (Å²) in [6, 6.07) is 8.39. The fourth-order valence-electron chi connectivity index (χ4n) is 5.65. The maximum absolute atomic E-state index is 15.3. The number of fused-ring (bicyclic) bond motifs is 4. The predicted octanol–water partition coefficient (Wildman–Crippen LogP) is 2.38. The van der Waals surface area contributed by atoms with Crippen LogP contribution in [0.2, 0.25) is 0 Å². The first-order valence-corrected chi connectivity index (χ1v) is 12.0. The van der Waals surface area contributed by atoms with E-state index in [-0.39, 0.29) is 23.9 Å². The summed E-state index contributed by atoms with van der Waals surface area (Å²) in [6.07, 6.45) is 6.37. The van der Waals surface area contributed by atoms with Crippen LogP contribution in [0.25, 0.3) is 11.0 Å². The third-order valence-electron chi connectivity index (χ3n) is 7.51. The van der Waals surface area contributed by atoms with Gasteiger partial charge in [-0.3, -0.25) is 4.79 Å². The average molecular weight is 463 g/mol. The number of amides is 1. The van der Waals surface area contributed by atoms with Crippen molar-refractivity contribution in [2.75, 3.05) is 29.5 Å². The van der Waals surface area contributed by atoms with E-state index in [0.717, 1.165) is 42.7 Å². The molecule has 0 spiro atoms. The molecule has 1 saturated carbocycles. The molecule has 4 aliphatic heterocycles. The largest absolute Gasteiger partial charge is 0.487 e. The van der Waals surface area contributed by atoms with Crippen molar-refractivity contribution in [1.82, 2.24) is 20.2 Å². The number of carbonyl (C=O) groups is 1. The zero-order valence-electron chi connectivity index (χ0n) is 19.0. The molecule has 3 aromatic rings. The molecule has 3 unspecified atom stereocenters. The van der Waals surface area contributed by atoms with E-state index in [1.165, 1.54) is 6.42 Å². The highest BCUT2D eigenvalue weighted by Gasteiger charge is 2.41. The summed E-state index contributed by atoms with van der Waals surface area (Å²) in [6.45, 7) is 1.95. The summed E-state index contributed by atoms with van der Waals surface area (Å²) in [5.74, 6) is 0.242. The van der Waals surface area contributed by atoms with Gasteiger partial charge in [0, 0.05) is 68.2 Å². The van der Waals surface area contributed by atoms with Crippen molar-refractivity contribution in [2.45, 2.75) is 43.6 Å². The van der Waals surface area contributed by atoms with Gasteiger partial charge in [-0.25, -0.2) is 9.37 Å². The van der Waals surface area contributed by atoms with Crippen molar-refractivity contribution >= 4 is 28.3 Å². The number of aromatic nitrogens is 2. The van der Waals surface area contributed by atoms with Crippen molar-refractivity contribution < 1.29 is 13.9 Å². The van der Waals surface area contributed by atoms with Crippen molar-refractivity contribution in [3.63, 3.8) is 0 Å². The molecule has 1 aliphatic carbocycles. The molecule has 4 fully saturated rings. The van der Waals surface area contributed by atoms with Crippen LogP contribution in [-0.4, -0.2) is 59.4 Å². The molecule has 6 heterocycles. The summed E-state index contributed by atoms with van der Waals surface area (Å²) in [5, 5.41) is 7.51. The van der Waals surface area contributed by atoms with Crippen LogP contribution in [0.1, 0.15) is 29.6 Å². The summed E-state index contributed by atoms with van der Waals surface area (Å²) < 4.78 is 23.3. The van der Waals surface area contributed by atoms with Gasteiger partial charge in [-0.2, -0.15) is 0 Å². The lowest BCUT2D eigenvalue weighted by Crippen LogP contribution is -2.67. The van der Waals surface area contributed by atoms with E-state index in [0.29, 0.717) is 35.7 Å². The number of hydrogen-bond acceptors (Lipinski definition) is 6. The first-order valence-electron chi connectivity index (χ1n) is 12.0. The third kappa shape index (κ3) is 3.21. The summed E-state index contributed by atoms with van der Waals surface area (Å²) in [4.78, 5) is 21.8. The van der Waals surface area contributed by atoms with Crippen molar-refractivity contribution in [3.05, 3.63) is 48.0 Å². The molecule has 176 valence electrons. The Morgan fingerprint density at radius 3 is 2.76 bits per heavy atom. The molecular weight excluding hydrogens is 435 g/mol. The highest BCUT2D eigenvalue weighted by Crippen LogP contribution is 2.44. The molecule has 2 N–H and O–H groups in total. The fraction of sp³-hybridized carbons (Fsp3) is 0.440. The summed E-state index contributed by atoms with van der Waals surface area (Å²) >= 11 is 0. The van der Waals surface area contributed by atoms with Gasteiger partial charge in [-0.15, -0.1) is 0 Å². The van der Waals surface area contributed by atoms with E-state index in [4.69, 9.17) is 4.74 Å². The molecule has 0 radical (unpaired) electrons. The second-order valence-corrected chi connectivity index (χ2v) is 9.97. The Hall–Kier alpha value is -3.33. The van der Waals surface area contributed by atoms with Crippen LogP contribution in [-0.2, 0) is 7.05 Å². The highest BCUT2D eigenvalue weighted by molar-refractivity contribution is 5.97. The molecule has 2 aromatic heterocycles. The second-order valence-electron chi connectivity index (χ2n) is 9.97. The maximum atomic E-state index is 15.3. The number of rotatable bonds is 4. The van der Waals surface area contributed by atoms with Gasteiger partial charge in [0.05, 0.1) is 16.9 Å². The van der Waals surface area contributed by atoms with Gasteiger partial charge in [0.2, 0.25) is 0 Å². The third-order valence-corrected chi connectivity index (χ3v) is 7.51. The minimum atomic E-state index is -0.365. The van der Waals surface area contributed by atoms with Gasteiger partial charge in [-0.1, -0.05) is 0 Å².